The maximum Gasteiger partial charge on any atom is 0.115 e. The lowest BCUT2D eigenvalue weighted by Gasteiger charge is -2.68. The third-order valence-corrected chi connectivity index (χ3v) is 13.1. The molecule has 2 nitrogen and oxygen atoms in total. The molecule has 6 rings (SSSR count). The van der Waals surface area contributed by atoms with E-state index in [-0.39, 0.29) is 10.8 Å². The van der Waals surface area contributed by atoms with Crippen LogP contribution in [0.3, 0.4) is 0 Å². The molecule has 5 aliphatic carbocycles. The predicted molar refractivity (Wildman–Crippen MR) is 144 cm³/mol. The van der Waals surface area contributed by atoms with Gasteiger partial charge in [0.25, 0.3) is 0 Å². The Labute approximate surface area is 213 Å². The van der Waals surface area contributed by atoms with Gasteiger partial charge in [0, 0.05) is 6.61 Å². The Bertz CT molecular complexity index is 1040. The number of phenols is 1. The molecule has 2 heteroatoms. The number of allylic oxidation sites excluding steroid dienone is 2. The van der Waals surface area contributed by atoms with Crippen molar-refractivity contribution in [2.24, 2.45) is 51.2 Å². The van der Waals surface area contributed by atoms with Crippen LogP contribution in [0.25, 0.3) is 5.57 Å². The molecule has 8 atom stereocenters. The summed E-state index contributed by atoms with van der Waals surface area (Å²) in [6, 6.07) is 5.94. The average Bonchev–Trinajstić information content (AvgIpc) is 3.24. The van der Waals surface area contributed by atoms with Gasteiger partial charge in [-0.25, -0.2) is 0 Å². The zero-order valence-electron chi connectivity index (χ0n) is 22.9. The number of aromatic hydroxyl groups is 1. The summed E-state index contributed by atoms with van der Waals surface area (Å²) in [5.74, 6) is 4.36. The molecule has 0 radical (unpaired) electrons. The molecule has 2 N–H and O–H groups in total. The first-order valence-electron chi connectivity index (χ1n) is 14.7. The third-order valence-electron chi connectivity index (χ3n) is 13.1. The fourth-order valence-electron chi connectivity index (χ4n) is 11.6. The van der Waals surface area contributed by atoms with Gasteiger partial charge in [-0.15, -0.1) is 0 Å². The number of aliphatic hydroxyl groups excluding tert-OH is 1. The Balaban J connectivity index is 1.35. The van der Waals surface area contributed by atoms with Crippen LogP contribution in [0.1, 0.15) is 103 Å². The van der Waals surface area contributed by atoms with Crippen LogP contribution in [0.2, 0.25) is 0 Å². The van der Waals surface area contributed by atoms with Crippen molar-refractivity contribution < 1.29 is 10.2 Å². The van der Waals surface area contributed by atoms with Gasteiger partial charge in [0.2, 0.25) is 0 Å². The lowest BCUT2D eigenvalue weighted by atomic mass is 9.36. The van der Waals surface area contributed by atoms with E-state index in [1.165, 1.54) is 80.9 Å². The minimum atomic E-state index is 0.136. The van der Waals surface area contributed by atoms with Crippen molar-refractivity contribution in [3.63, 3.8) is 0 Å². The van der Waals surface area contributed by atoms with Crippen LogP contribution in [0.15, 0.2) is 24.3 Å². The van der Waals surface area contributed by atoms with Gasteiger partial charge >= 0.3 is 0 Å². The summed E-state index contributed by atoms with van der Waals surface area (Å²) >= 11 is 0. The highest BCUT2D eigenvalue weighted by Crippen LogP contribution is 2.73. The molecule has 0 bridgehead atoms. The Morgan fingerprint density at radius 2 is 1.66 bits per heavy atom. The standard InChI is InChI=1S/C33H48O2/c1-21-19-22(35)8-9-23(21)25-12-16-32(5)28(30(25,2)3)14-17-31(4)26-13-18-33(20-34)15-6-7-27(33)24(26)10-11-29(31)32/h8-9,12,19,24,26-29,34-35H,6-7,10-11,13-18,20H2,1-5H3/t24-,26?,27?,28?,29?,31-,32-,33+/m0/s1. The topological polar surface area (TPSA) is 40.5 Å². The van der Waals surface area contributed by atoms with Crippen LogP contribution in [0.5, 0.6) is 5.75 Å². The predicted octanol–water partition coefficient (Wildman–Crippen LogP) is 8.15. The van der Waals surface area contributed by atoms with E-state index in [2.05, 4.69) is 46.8 Å². The molecule has 0 aliphatic heterocycles. The van der Waals surface area contributed by atoms with Gasteiger partial charge in [-0.05, 0) is 145 Å². The SMILES string of the molecule is Cc1cc(O)ccc1C1=CC[C@@]2(C)C(CC[C@@]3(C)C4CC[C@@]5(CO)CCCC5[C@H]4CCC32)C1(C)C. The van der Waals surface area contributed by atoms with Gasteiger partial charge in [-0.2, -0.15) is 0 Å². The first kappa shape index (κ1) is 24.1. The Hall–Kier alpha value is -1.28. The van der Waals surface area contributed by atoms with Gasteiger partial charge in [0.15, 0.2) is 0 Å². The molecule has 0 saturated heterocycles. The van der Waals surface area contributed by atoms with E-state index >= 15 is 0 Å². The van der Waals surface area contributed by atoms with Crippen molar-refractivity contribution in [1.29, 1.82) is 0 Å². The zero-order valence-corrected chi connectivity index (χ0v) is 22.9. The smallest absolute Gasteiger partial charge is 0.115 e. The lowest BCUT2D eigenvalue weighted by Crippen LogP contribution is -2.61. The zero-order chi connectivity index (χ0) is 24.8. The van der Waals surface area contributed by atoms with Gasteiger partial charge in [-0.3, -0.25) is 0 Å². The monoisotopic (exact) mass is 476 g/mol. The van der Waals surface area contributed by atoms with Gasteiger partial charge < -0.3 is 10.2 Å². The van der Waals surface area contributed by atoms with Gasteiger partial charge in [0.05, 0.1) is 0 Å². The molecule has 4 fully saturated rings. The summed E-state index contributed by atoms with van der Waals surface area (Å²) in [5, 5.41) is 20.4. The molecule has 0 aromatic heterocycles. The molecule has 0 spiro atoms. The summed E-state index contributed by atoms with van der Waals surface area (Å²) in [5.41, 5.74) is 5.24. The number of phenolic OH excluding ortho intramolecular Hbond substituents is 1. The van der Waals surface area contributed by atoms with E-state index in [1.807, 2.05) is 12.1 Å². The molecule has 0 heterocycles. The second-order valence-electron chi connectivity index (χ2n) is 14.6. The highest BCUT2D eigenvalue weighted by molar-refractivity contribution is 5.74. The van der Waals surface area contributed by atoms with Crippen LogP contribution in [0.4, 0.5) is 0 Å². The minimum absolute atomic E-state index is 0.136. The fourth-order valence-corrected chi connectivity index (χ4v) is 11.6. The molecular weight excluding hydrogens is 428 g/mol. The Morgan fingerprint density at radius 1 is 0.857 bits per heavy atom. The molecular formula is C33H48O2. The number of fused-ring (bicyclic) bond motifs is 7. The molecule has 1 aromatic rings. The summed E-state index contributed by atoms with van der Waals surface area (Å²) in [7, 11) is 0. The van der Waals surface area contributed by atoms with E-state index in [0.29, 0.717) is 29.1 Å². The summed E-state index contributed by atoms with van der Waals surface area (Å²) in [6.45, 7) is 13.0. The lowest BCUT2D eigenvalue weighted by molar-refractivity contribution is -0.181. The van der Waals surface area contributed by atoms with Crippen molar-refractivity contribution in [1.82, 2.24) is 0 Å². The fraction of sp³-hybridized carbons (Fsp3) is 0.758. The number of aryl methyl sites for hydroxylation is 1. The Morgan fingerprint density at radius 3 is 2.40 bits per heavy atom. The average molecular weight is 477 g/mol. The van der Waals surface area contributed by atoms with Crippen molar-refractivity contribution >= 4 is 5.57 Å². The van der Waals surface area contributed by atoms with Gasteiger partial charge in [-0.1, -0.05) is 46.3 Å². The molecule has 35 heavy (non-hydrogen) atoms. The van der Waals surface area contributed by atoms with E-state index in [9.17, 15) is 10.2 Å². The van der Waals surface area contributed by atoms with Crippen molar-refractivity contribution in [2.45, 2.75) is 98.8 Å². The number of aliphatic hydroxyl groups is 1. The minimum Gasteiger partial charge on any atom is -0.508 e. The third kappa shape index (κ3) is 3.17. The van der Waals surface area contributed by atoms with Crippen LogP contribution < -0.4 is 0 Å². The second kappa shape index (κ2) is 7.86. The number of rotatable bonds is 2. The van der Waals surface area contributed by atoms with E-state index in [1.54, 1.807) is 0 Å². The highest BCUT2D eigenvalue weighted by Gasteiger charge is 2.65. The van der Waals surface area contributed by atoms with Crippen LogP contribution in [-0.2, 0) is 0 Å². The first-order chi connectivity index (χ1) is 16.6. The van der Waals surface area contributed by atoms with Crippen LogP contribution in [0, 0.1) is 58.2 Å². The van der Waals surface area contributed by atoms with Crippen molar-refractivity contribution in [3.8, 4) is 5.75 Å². The normalized spacial score (nSPS) is 46.1. The number of hydrogen-bond donors (Lipinski definition) is 2. The summed E-state index contributed by atoms with van der Waals surface area (Å²) in [4.78, 5) is 0. The summed E-state index contributed by atoms with van der Waals surface area (Å²) in [6.07, 6.45) is 15.9. The van der Waals surface area contributed by atoms with E-state index in [4.69, 9.17) is 0 Å². The second-order valence-corrected chi connectivity index (χ2v) is 14.6. The largest absolute Gasteiger partial charge is 0.508 e. The van der Waals surface area contributed by atoms with Crippen LogP contribution in [-0.4, -0.2) is 16.8 Å². The molecule has 4 saturated carbocycles. The van der Waals surface area contributed by atoms with Crippen molar-refractivity contribution in [2.75, 3.05) is 6.61 Å². The molecule has 4 unspecified atom stereocenters. The Kier molecular flexibility index (Phi) is 5.41. The van der Waals surface area contributed by atoms with Crippen molar-refractivity contribution in [3.05, 3.63) is 35.4 Å². The molecule has 5 aliphatic rings. The highest BCUT2D eigenvalue weighted by atomic mass is 16.3. The van der Waals surface area contributed by atoms with Crippen LogP contribution >= 0.6 is 0 Å². The number of benzene rings is 1. The number of hydrogen-bond acceptors (Lipinski definition) is 2. The molecule has 1 aromatic carbocycles. The van der Waals surface area contributed by atoms with E-state index in [0.717, 1.165) is 23.7 Å². The van der Waals surface area contributed by atoms with Gasteiger partial charge in [0.1, 0.15) is 5.75 Å². The molecule has 0 amide bonds. The van der Waals surface area contributed by atoms with E-state index < -0.39 is 0 Å². The maximum atomic E-state index is 10.4. The molecule has 192 valence electrons. The quantitative estimate of drug-likeness (QED) is 0.452. The summed E-state index contributed by atoms with van der Waals surface area (Å²) < 4.78 is 0. The maximum absolute atomic E-state index is 10.4. The first-order valence-corrected chi connectivity index (χ1v) is 14.7.